The van der Waals surface area contributed by atoms with Gasteiger partial charge in [0.05, 0.1) is 15.6 Å². The van der Waals surface area contributed by atoms with E-state index < -0.39 is 5.91 Å². The van der Waals surface area contributed by atoms with E-state index in [0.29, 0.717) is 20.7 Å². The number of nitrogens with one attached hydrogen (secondary N) is 1. The topological polar surface area (TPSA) is 72.2 Å². The van der Waals surface area contributed by atoms with E-state index in [4.69, 9.17) is 28.9 Å². The molecule has 0 heterocycles. The summed E-state index contributed by atoms with van der Waals surface area (Å²) in [6.07, 6.45) is 0. The molecule has 0 bridgehead atoms. The van der Waals surface area contributed by atoms with Crippen molar-refractivity contribution in [2.75, 3.05) is 5.32 Å². The lowest BCUT2D eigenvalue weighted by Gasteiger charge is -2.08. The first-order valence-corrected chi connectivity index (χ1v) is 7.29. The molecule has 2 rings (SSSR count). The quantitative estimate of drug-likeness (QED) is 0.831. The third-order valence-corrected chi connectivity index (χ3v) is 4.22. The number of nitrogens with two attached hydrogens (primary N) is 1. The van der Waals surface area contributed by atoms with Gasteiger partial charge in [0.25, 0.3) is 5.91 Å². The van der Waals surface area contributed by atoms with E-state index in [1.807, 2.05) is 0 Å². The van der Waals surface area contributed by atoms with Gasteiger partial charge in [-0.3, -0.25) is 9.59 Å². The van der Waals surface area contributed by atoms with Crippen molar-refractivity contribution in [1.29, 1.82) is 0 Å². The minimum absolute atomic E-state index is 0.145. The lowest BCUT2D eigenvalue weighted by Crippen LogP contribution is -2.15. The first-order valence-electron chi connectivity index (χ1n) is 5.74. The minimum atomic E-state index is -0.662. The van der Waals surface area contributed by atoms with Crippen LogP contribution in [-0.4, -0.2) is 11.8 Å². The molecule has 0 aliphatic heterocycles. The standard InChI is InChI=1S/C14H9BrCl2N2O2/c15-10-5-7(1-3-12(10)17)14(21)19-8-2-4-11(16)9(6-8)13(18)20/h1-6H,(H2,18,20)(H,19,21). The van der Waals surface area contributed by atoms with Gasteiger partial charge in [0, 0.05) is 15.7 Å². The van der Waals surface area contributed by atoms with Gasteiger partial charge in [-0.1, -0.05) is 23.2 Å². The lowest BCUT2D eigenvalue weighted by atomic mass is 10.1. The fraction of sp³-hybridized carbons (Fsp3) is 0. The van der Waals surface area contributed by atoms with Crippen molar-refractivity contribution in [3.05, 3.63) is 62.0 Å². The van der Waals surface area contributed by atoms with E-state index in [0.717, 1.165) is 0 Å². The smallest absolute Gasteiger partial charge is 0.255 e. The number of carbonyl (C=O) groups is 2. The molecule has 0 unspecified atom stereocenters. The molecule has 0 fully saturated rings. The van der Waals surface area contributed by atoms with E-state index in [1.54, 1.807) is 24.3 Å². The van der Waals surface area contributed by atoms with E-state index in [1.165, 1.54) is 12.1 Å². The van der Waals surface area contributed by atoms with Crippen molar-refractivity contribution >= 4 is 56.6 Å². The second-order valence-corrected chi connectivity index (χ2v) is 5.81. The van der Waals surface area contributed by atoms with Gasteiger partial charge < -0.3 is 11.1 Å². The SMILES string of the molecule is NC(=O)c1cc(NC(=O)c2ccc(Cl)c(Br)c2)ccc1Cl. The van der Waals surface area contributed by atoms with Crippen LogP contribution in [0.5, 0.6) is 0 Å². The molecule has 0 radical (unpaired) electrons. The number of rotatable bonds is 3. The van der Waals surface area contributed by atoms with Crippen molar-refractivity contribution in [1.82, 2.24) is 0 Å². The zero-order valence-corrected chi connectivity index (χ0v) is 13.6. The van der Waals surface area contributed by atoms with Crippen LogP contribution in [0.1, 0.15) is 20.7 Å². The molecule has 108 valence electrons. The van der Waals surface area contributed by atoms with Gasteiger partial charge in [0.15, 0.2) is 0 Å². The number of primary amides is 1. The molecule has 2 amide bonds. The molecular formula is C14H9BrCl2N2O2. The van der Waals surface area contributed by atoms with Gasteiger partial charge in [-0.2, -0.15) is 0 Å². The molecule has 0 aliphatic rings. The zero-order valence-electron chi connectivity index (χ0n) is 10.5. The summed E-state index contributed by atoms with van der Waals surface area (Å²) in [7, 11) is 0. The second-order valence-electron chi connectivity index (χ2n) is 4.14. The predicted molar refractivity (Wildman–Crippen MR) is 87.1 cm³/mol. The van der Waals surface area contributed by atoms with Crippen LogP contribution >= 0.6 is 39.1 Å². The van der Waals surface area contributed by atoms with Crippen molar-refractivity contribution in [2.24, 2.45) is 5.73 Å². The summed E-state index contributed by atoms with van der Waals surface area (Å²) in [6.45, 7) is 0. The Morgan fingerprint density at radius 2 is 1.71 bits per heavy atom. The Labute approximate surface area is 139 Å². The number of anilines is 1. The Hall–Kier alpha value is -1.56. The summed E-state index contributed by atoms with van der Waals surface area (Å²) in [4.78, 5) is 23.3. The minimum Gasteiger partial charge on any atom is -0.366 e. The summed E-state index contributed by atoms with van der Waals surface area (Å²) in [5.41, 5.74) is 6.19. The Morgan fingerprint density at radius 1 is 1.05 bits per heavy atom. The Kier molecular flexibility index (Phi) is 4.88. The maximum atomic E-state index is 12.1. The monoisotopic (exact) mass is 386 g/mol. The van der Waals surface area contributed by atoms with Gasteiger partial charge >= 0.3 is 0 Å². The number of carbonyl (C=O) groups excluding carboxylic acids is 2. The summed E-state index contributed by atoms with van der Waals surface area (Å²) in [5, 5.41) is 3.40. The number of benzene rings is 2. The highest BCUT2D eigenvalue weighted by molar-refractivity contribution is 9.10. The molecule has 0 aromatic heterocycles. The van der Waals surface area contributed by atoms with Gasteiger partial charge in [-0.05, 0) is 52.3 Å². The normalized spacial score (nSPS) is 10.2. The van der Waals surface area contributed by atoms with Crippen LogP contribution in [0.15, 0.2) is 40.9 Å². The molecule has 0 spiro atoms. The highest BCUT2D eigenvalue weighted by atomic mass is 79.9. The first-order chi connectivity index (χ1) is 9.88. The molecule has 2 aromatic rings. The van der Waals surface area contributed by atoms with Crippen molar-refractivity contribution < 1.29 is 9.59 Å². The van der Waals surface area contributed by atoms with Crippen LogP contribution < -0.4 is 11.1 Å². The van der Waals surface area contributed by atoms with Crippen LogP contribution in [0, 0.1) is 0 Å². The number of hydrogen-bond donors (Lipinski definition) is 2. The number of amides is 2. The van der Waals surface area contributed by atoms with Crippen LogP contribution in [0.4, 0.5) is 5.69 Å². The van der Waals surface area contributed by atoms with Crippen LogP contribution in [0.2, 0.25) is 10.0 Å². The first kappa shape index (κ1) is 15.8. The highest BCUT2D eigenvalue weighted by Crippen LogP contribution is 2.24. The van der Waals surface area contributed by atoms with Crippen molar-refractivity contribution in [3.8, 4) is 0 Å². The molecule has 2 aromatic carbocycles. The molecule has 0 atom stereocenters. The van der Waals surface area contributed by atoms with Gasteiger partial charge in [-0.25, -0.2) is 0 Å². The fourth-order valence-corrected chi connectivity index (χ4v) is 2.34. The summed E-state index contributed by atoms with van der Waals surface area (Å²) in [6, 6.07) is 9.30. The lowest BCUT2D eigenvalue weighted by molar-refractivity contribution is 0.0996. The summed E-state index contributed by atoms with van der Waals surface area (Å²) < 4.78 is 0.616. The third-order valence-electron chi connectivity index (χ3n) is 2.67. The molecule has 21 heavy (non-hydrogen) atoms. The van der Waals surface area contributed by atoms with E-state index >= 15 is 0 Å². The van der Waals surface area contributed by atoms with Gasteiger partial charge in [0.1, 0.15) is 0 Å². The van der Waals surface area contributed by atoms with Crippen LogP contribution in [0.3, 0.4) is 0 Å². The number of halogens is 3. The van der Waals surface area contributed by atoms with E-state index in [2.05, 4.69) is 21.2 Å². The Bertz CT molecular complexity index is 735. The summed E-state index contributed by atoms with van der Waals surface area (Å²) in [5.74, 6) is -1.00. The maximum Gasteiger partial charge on any atom is 0.255 e. The average molecular weight is 388 g/mol. The third kappa shape index (κ3) is 3.75. The van der Waals surface area contributed by atoms with Crippen molar-refractivity contribution in [2.45, 2.75) is 0 Å². The predicted octanol–water partition coefficient (Wildman–Crippen LogP) is 4.11. The Balaban J connectivity index is 2.25. The molecule has 7 heteroatoms. The summed E-state index contributed by atoms with van der Waals surface area (Å²) >= 11 is 15.0. The van der Waals surface area contributed by atoms with E-state index in [-0.39, 0.29) is 16.5 Å². The molecule has 3 N–H and O–H groups in total. The van der Waals surface area contributed by atoms with Crippen molar-refractivity contribution in [3.63, 3.8) is 0 Å². The average Bonchev–Trinajstić information content (AvgIpc) is 2.43. The molecule has 0 saturated heterocycles. The second kappa shape index (κ2) is 6.47. The molecule has 0 aliphatic carbocycles. The fourth-order valence-electron chi connectivity index (χ4n) is 1.63. The van der Waals surface area contributed by atoms with Gasteiger partial charge in [-0.15, -0.1) is 0 Å². The maximum absolute atomic E-state index is 12.1. The molecule has 0 saturated carbocycles. The largest absolute Gasteiger partial charge is 0.366 e. The molecule has 4 nitrogen and oxygen atoms in total. The Morgan fingerprint density at radius 3 is 2.33 bits per heavy atom. The number of hydrogen-bond acceptors (Lipinski definition) is 2. The highest BCUT2D eigenvalue weighted by Gasteiger charge is 2.11. The zero-order chi connectivity index (χ0) is 15.6. The molecular weight excluding hydrogens is 379 g/mol. The van der Waals surface area contributed by atoms with Gasteiger partial charge in [0.2, 0.25) is 5.91 Å². The van der Waals surface area contributed by atoms with Crippen LogP contribution in [-0.2, 0) is 0 Å². The van der Waals surface area contributed by atoms with Crippen LogP contribution in [0.25, 0.3) is 0 Å². The van der Waals surface area contributed by atoms with E-state index in [9.17, 15) is 9.59 Å².